The van der Waals surface area contributed by atoms with Gasteiger partial charge in [-0.15, -0.1) is 0 Å². The molecule has 2 N–H and O–H groups in total. The van der Waals surface area contributed by atoms with Crippen molar-refractivity contribution < 1.29 is 20.7 Å². The SMILES string of the molecule is O=[As](O)(O)c1ccc(F)c(F)c1. The van der Waals surface area contributed by atoms with Crippen molar-refractivity contribution in [2.24, 2.45) is 0 Å². The van der Waals surface area contributed by atoms with E-state index in [9.17, 15) is 12.5 Å². The van der Waals surface area contributed by atoms with Crippen molar-refractivity contribution in [1.82, 2.24) is 0 Å². The summed E-state index contributed by atoms with van der Waals surface area (Å²) in [5, 5.41) is 0. The molecule has 0 aliphatic carbocycles. The Hall–Kier alpha value is -0.642. The minimum atomic E-state index is -5.07. The van der Waals surface area contributed by atoms with Crippen LogP contribution in [0.15, 0.2) is 18.2 Å². The van der Waals surface area contributed by atoms with E-state index in [0.717, 1.165) is 6.07 Å². The molecule has 12 heavy (non-hydrogen) atoms. The van der Waals surface area contributed by atoms with E-state index < -0.39 is 30.2 Å². The molecule has 0 saturated heterocycles. The molecule has 1 rings (SSSR count). The number of hydrogen-bond acceptors (Lipinski definition) is 1. The van der Waals surface area contributed by atoms with E-state index in [1.165, 1.54) is 0 Å². The van der Waals surface area contributed by atoms with Gasteiger partial charge >= 0.3 is 69.1 Å². The molecule has 0 fully saturated rings. The molecule has 0 bridgehead atoms. The van der Waals surface area contributed by atoms with E-state index in [-0.39, 0.29) is 0 Å². The summed E-state index contributed by atoms with van der Waals surface area (Å²) in [6.45, 7) is 0. The minimum absolute atomic E-state index is 0.466. The molecule has 1 aromatic rings. The van der Waals surface area contributed by atoms with Gasteiger partial charge in [-0.1, -0.05) is 0 Å². The molecule has 3 nitrogen and oxygen atoms in total. The first kappa shape index (κ1) is 9.45. The van der Waals surface area contributed by atoms with Gasteiger partial charge in [-0.05, 0) is 0 Å². The molecule has 0 unspecified atom stereocenters. The van der Waals surface area contributed by atoms with Crippen molar-refractivity contribution in [1.29, 1.82) is 0 Å². The molecule has 0 radical (unpaired) electrons. The summed E-state index contributed by atoms with van der Waals surface area (Å²) in [7, 11) is 0. The van der Waals surface area contributed by atoms with Crippen molar-refractivity contribution in [2.75, 3.05) is 0 Å². The van der Waals surface area contributed by atoms with Gasteiger partial charge in [0.15, 0.2) is 0 Å². The van der Waals surface area contributed by atoms with Gasteiger partial charge < -0.3 is 0 Å². The van der Waals surface area contributed by atoms with Crippen LogP contribution in [0.25, 0.3) is 0 Å². The first-order chi connectivity index (χ1) is 5.41. The summed E-state index contributed by atoms with van der Waals surface area (Å²) in [6, 6.07) is 2.07. The quantitative estimate of drug-likeness (QED) is 0.650. The third-order valence-electron chi connectivity index (χ3n) is 1.24. The van der Waals surface area contributed by atoms with Gasteiger partial charge in [-0.3, -0.25) is 0 Å². The zero-order valence-corrected chi connectivity index (χ0v) is 7.61. The van der Waals surface area contributed by atoms with Gasteiger partial charge in [0.1, 0.15) is 0 Å². The topological polar surface area (TPSA) is 57.5 Å². The predicted molar refractivity (Wildman–Crippen MR) is 36.9 cm³/mol. The van der Waals surface area contributed by atoms with E-state index in [1.54, 1.807) is 0 Å². The van der Waals surface area contributed by atoms with Crippen LogP contribution in [0.5, 0.6) is 0 Å². The Balaban J connectivity index is 3.23. The molecule has 0 saturated carbocycles. The number of hydrogen-bond donors (Lipinski definition) is 2. The van der Waals surface area contributed by atoms with Crippen LogP contribution in [0.4, 0.5) is 8.78 Å². The molecule has 6 heteroatoms. The maximum absolute atomic E-state index is 12.4. The van der Waals surface area contributed by atoms with Crippen LogP contribution in [-0.2, 0) is 3.74 Å². The average molecular weight is 238 g/mol. The Morgan fingerprint density at radius 3 is 2.17 bits per heavy atom. The molecule has 66 valence electrons. The first-order valence-corrected chi connectivity index (χ1v) is 6.31. The first-order valence-electron chi connectivity index (χ1n) is 2.92. The van der Waals surface area contributed by atoms with Gasteiger partial charge in [0.25, 0.3) is 0 Å². The Morgan fingerprint density at radius 2 is 1.75 bits per heavy atom. The summed E-state index contributed by atoms with van der Waals surface area (Å²) in [6.07, 6.45) is 0. The summed E-state index contributed by atoms with van der Waals surface area (Å²) >= 11 is -5.07. The van der Waals surface area contributed by atoms with Crippen molar-refractivity contribution >= 4 is 18.5 Å². The average Bonchev–Trinajstić information content (AvgIpc) is 1.92. The molecular weight excluding hydrogens is 233 g/mol. The molecule has 0 atom stereocenters. The van der Waals surface area contributed by atoms with E-state index in [2.05, 4.69) is 0 Å². The predicted octanol–water partition coefficient (Wildman–Crippen LogP) is -0.474. The second-order valence-corrected chi connectivity index (χ2v) is 5.51. The normalized spacial score (nSPS) is 11.7. The summed E-state index contributed by atoms with van der Waals surface area (Å²) < 4.78 is 51.9. The Bertz CT molecular complexity index is 347. The van der Waals surface area contributed by atoms with E-state index in [1.807, 2.05) is 0 Å². The van der Waals surface area contributed by atoms with Crippen LogP contribution in [0, 0.1) is 11.6 Å². The van der Waals surface area contributed by atoms with Crippen molar-refractivity contribution in [3.05, 3.63) is 29.8 Å². The Kier molecular flexibility index (Phi) is 2.37. The zero-order chi connectivity index (χ0) is 9.35. The van der Waals surface area contributed by atoms with Crippen LogP contribution in [-0.4, -0.2) is 22.4 Å². The van der Waals surface area contributed by atoms with Gasteiger partial charge in [0.2, 0.25) is 0 Å². The molecule has 0 aliphatic heterocycles. The van der Waals surface area contributed by atoms with Gasteiger partial charge in [-0.25, -0.2) is 0 Å². The number of rotatable bonds is 1. The third kappa shape index (κ3) is 1.94. The van der Waals surface area contributed by atoms with Crippen molar-refractivity contribution in [3.63, 3.8) is 0 Å². The summed E-state index contributed by atoms with van der Waals surface area (Å²) in [4.78, 5) is 0. The second-order valence-electron chi connectivity index (χ2n) is 2.14. The molecule has 0 amide bonds. The fourth-order valence-corrected chi connectivity index (χ4v) is 1.82. The van der Waals surface area contributed by atoms with E-state index in [0.29, 0.717) is 12.1 Å². The van der Waals surface area contributed by atoms with Crippen LogP contribution in [0.3, 0.4) is 0 Å². The zero-order valence-electron chi connectivity index (χ0n) is 5.74. The molecular formula is C6H5AsF2O3. The van der Waals surface area contributed by atoms with E-state index >= 15 is 0 Å². The fraction of sp³-hybridized carbons (Fsp3) is 0. The van der Waals surface area contributed by atoms with Gasteiger partial charge in [-0.2, -0.15) is 0 Å². The molecule has 0 spiro atoms. The molecule has 0 aromatic heterocycles. The van der Waals surface area contributed by atoms with E-state index in [4.69, 9.17) is 8.19 Å². The monoisotopic (exact) mass is 238 g/mol. The van der Waals surface area contributed by atoms with Crippen molar-refractivity contribution in [2.45, 2.75) is 0 Å². The molecule has 0 aliphatic rings. The number of benzene rings is 1. The van der Waals surface area contributed by atoms with Crippen LogP contribution >= 0.6 is 0 Å². The second kappa shape index (κ2) is 3.01. The Morgan fingerprint density at radius 1 is 1.17 bits per heavy atom. The number of halogens is 2. The summed E-state index contributed by atoms with van der Waals surface area (Å²) in [5.74, 6) is -2.38. The summed E-state index contributed by atoms with van der Waals surface area (Å²) in [5.41, 5.74) is 0. The van der Waals surface area contributed by atoms with Crippen LogP contribution in [0.1, 0.15) is 0 Å². The van der Waals surface area contributed by atoms with Gasteiger partial charge in [0, 0.05) is 0 Å². The standard InChI is InChI=1S/C6H5AsF2O3/c8-5-2-1-4(3-6(5)9)7(10,11)12/h1-3H,(H2,10,11,12). The Labute approximate surface area is 69.6 Å². The molecule has 1 aromatic carbocycles. The molecule has 0 heterocycles. The fourth-order valence-electron chi connectivity index (χ4n) is 0.666. The third-order valence-corrected chi connectivity index (χ3v) is 3.23. The van der Waals surface area contributed by atoms with Crippen molar-refractivity contribution in [3.8, 4) is 0 Å². The maximum atomic E-state index is 12.4. The van der Waals surface area contributed by atoms with Gasteiger partial charge in [0.05, 0.1) is 0 Å². The van der Waals surface area contributed by atoms with Crippen LogP contribution in [0.2, 0.25) is 0 Å². The van der Waals surface area contributed by atoms with Crippen LogP contribution < -0.4 is 4.35 Å².